The van der Waals surface area contributed by atoms with E-state index in [1.807, 2.05) is 66.7 Å². The van der Waals surface area contributed by atoms with Crippen molar-refractivity contribution < 1.29 is 4.79 Å². The van der Waals surface area contributed by atoms with Gasteiger partial charge in [0.2, 0.25) is 0 Å². The summed E-state index contributed by atoms with van der Waals surface area (Å²) in [6, 6.07) is 24.0. The Bertz CT molecular complexity index is 921. The lowest BCUT2D eigenvalue weighted by atomic mass is 10.1. The molecule has 3 aromatic rings. The van der Waals surface area contributed by atoms with Crippen molar-refractivity contribution in [2.45, 2.75) is 0 Å². The van der Waals surface area contributed by atoms with Crippen LogP contribution in [-0.2, 0) is 0 Å². The van der Waals surface area contributed by atoms with Crippen LogP contribution in [0.3, 0.4) is 0 Å². The topological polar surface area (TPSA) is 55.1 Å². The van der Waals surface area contributed by atoms with Crippen molar-refractivity contribution in [2.75, 3.05) is 11.1 Å². The number of carbonyl (C=O) groups is 1. The second-order valence-electron chi connectivity index (χ2n) is 5.20. The highest BCUT2D eigenvalue weighted by Crippen LogP contribution is 2.16. The van der Waals surface area contributed by atoms with Crippen molar-refractivity contribution in [3.63, 3.8) is 0 Å². The lowest BCUT2D eigenvalue weighted by molar-refractivity contribution is 0.102. The van der Waals surface area contributed by atoms with Gasteiger partial charge in [0, 0.05) is 22.4 Å². The highest BCUT2D eigenvalue weighted by Gasteiger charge is 2.07. The minimum Gasteiger partial charge on any atom is -0.398 e. The Labute approximate surface area is 141 Å². The Morgan fingerprint density at radius 2 is 1.33 bits per heavy atom. The molecule has 3 rings (SSSR count). The summed E-state index contributed by atoms with van der Waals surface area (Å²) in [7, 11) is 0. The number of anilines is 2. The SMILES string of the molecule is Nc1ccccc1C#Cc1ccccc1NC(=O)c1ccccc1. The Morgan fingerprint density at radius 1 is 0.750 bits per heavy atom. The van der Waals surface area contributed by atoms with E-state index in [9.17, 15) is 4.79 Å². The van der Waals surface area contributed by atoms with Gasteiger partial charge in [-0.15, -0.1) is 0 Å². The van der Waals surface area contributed by atoms with Crippen LogP contribution in [0, 0.1) is 11.8 Å². The molecule has 0 heterocycles. The van der Waals surface area contributed by atoms with Crippen LogP contribution in [0.5, 0.6) is 0 Å². The van der Waals surface area contributed by atoms with Gasteiger partial charge in [-0.25, -0.2) is 0 Å². The number of amides is 1. The third-order valence-electron chi connectivity index (χ3n) is 3.50. The first kappa shape index (κ1) is 15.4. The van der Waals surface area contributed by atoms with Gasteiger partial charge in [-0.2, -0.15) is 0 Å². The minimum absolute atomic E-state index is 0.163. The molecule has 3 nitrogen and oxygen atoms in total. The molecule has 0 spiro atoms. The third kappa shape index (κ3) is 3.63. The summed E-state index contributed by atoms with van der Waals surface area (Å²) in [4.78, 5) is 12.3. The van der Waals surface area contributed by atoms with Gasteiger partial charge in [0.1, 0.15) is 0 Å². The van der Waals surface area contributed by atoms with Gasteiger partial charge in [0.15, 0.2) is 0 Å². The lowest BCUT2D eigenvalue weighted by Gasteiger charge is -2.07. The molecule has 0 atom stereocenters. The predicted octanol–water partition coefficient (Wildman–Crippen LogP) is 3.92. The molecule has 3 N–H and O–H groups in total. The van der Waals surface area contributed by atoms with Crippen molar-refractivity contribution in [2.24, 2.45) is 0 Å². The number of nitrogen functional groups attached to an aromatic ring is 1. The van der Waals surface area contributed by atoms with Crippen LogP contribution in [-0.4, -0.2) is 5.91 Å². The number of benzene rings is 3. The Kier molecular flexibility index (Phi) is 4.60. The molecule has 116 valence electrons. The monoisotopic (exact) mass is 312 g/mol. The smallest absolute Gasteiger partial charge is 0.255 e. The molecule has 0 aliphatic carbocycles. The number of carbonyl (C=O) groups excluding carboxylic acids is 1. The maximum atomic E-state index is 12.3. The van der Waals surface area contributed by atoms with Crippen LogP contribution in [0.1, 0.15) is 21.5 Å². The van der Waals surface area contributed by atoms with Crippen LogP contribution in [0.15, 0.2) is 78.9 Å². The van der Waals surface area contributed by atoms with Crippen LogP contribution in [0.2, 0.25) is 0 Å². The summed E-state index contributed by atoms with van der Waals surface area (Å²) in [6.07, 6.45) is 0. The standard InChI is InChI=1S/C21H16N2O/c22-19-12-6-4-8-16(19)14-15-17-9-5-7-13-20(17)23-21(24)18-10-2-1-3-11-18/h1-13H,22H2,(H,23,24). The summed E-state index contributed by atoms with van der Waals surface area (Å²) < 4.78 is 0. The summed E-state index contributed by atoms with van der Waals surface area (Å²) in [6.45, 7) is 0. The van der Waals surface area contributed by atoms with Crippen molar-refractivity contribution in [3.05, 3.63) is 95.6 Å². The lowest BCUT2D eigenvalue weighted by Crippen LogP contribution is -2.12. The molecular weight excluding hydrogens is 296 g/mol. The van der Waals surface area contributed by atoms with Crippen molar-refractivity contribution >= 4 is 17.3 Å². The highest BCUT2D eigenvalue weighted by atomic mass is 16.1. The summed E-state index contributed by atoms with van der Waals surface area (Å²) in [5.41, 5.74) is 9.33. The number of nitrogens with one attached hydrogen (secondary N) is 1. The molecule has 0 radical (unpaired) electrons. The molecule has 0 aliphatic rings. The first-order valence-corrected chi connectivity index (χ1v) is 7.56. The summed E-state index contributed by atoms with van der Waals surface area (Å²) in [5.74, 6) is 5.98. The molecule has 0 unspecified atom stereocenters. The van der Waals surface area contributed by atoms with Gasteiger partial charge in [0.05, 0.1) is 5.69 Å². The fraction of sp³-hybridized carbons (Fsp3) is 0. The van der Waals surface area contributed by atoms with Crippen LogP contribution in [0.4, 0.5) is 11.4 Å². The molecule has 0 saturated heterocycles. The van der Waals surface area contributed by atoms with Gasteiger partial charge >= 0.3 is 0 Å². The molecule has 3 heteroatoms. The van der Waals surface area contributed by atoms with Gasteiger partial charge < -0.3 is 11.1 Å². The molecule has 1 amide bonds. The number of hydrogen-bond acceptors (Lipinski definition) is 2. The zero-order valence-electron chi connectivity index (χ0n) is 13.0. The molecule has 0 fully saturated rings. The summed E-state index contributed by atoms with van der Waals surface area (Å²) in [5, 5.41) is 2.91. The zero-order chi connectivity index (χ0) is 16.8. The minimum atomic E-state index is -0.163. The largest absolute Gasteiger partial charge is 0.398 e. The highest BCUT2D eigenvalue weighted by molar-refractivity contribution is 6.04. The Hall–Kier alpha value is -3.51. The number of para-hydroxylation sites is 2. The van der Waals surface area contributed by atoms with E-state index in [-0.39, 0.29) is 5.91 Å². The van der Waals surface area contributed by atoms with Crippen molar-refractivity contribution in [3.8, 4) is 11.8 Å². The first-order valence-electron chi connectivity index (χ1n) is 7.56. The van der Waals surface area contributed by atoms with E-state index in [4.69, 9.17) is 5.73 Å². The Morgan fingerprint density at radius 3 is 2.08 bits per heavy atom. The van der Waals surface area contributed by atoms with E-state index in [1.165, 1.54) is 0 Å². The fourth-order valence-electron chi connectivity index (χ4n) is 2.23. The third-order valence-corrected chi connectivity index (χ3v) is 3.50. The van der Waals surface area contributed by atoms with E-state index in [0.29, 0.717) is 16.9 Å². The second kappa shape index (κ2) is 7.17. The number of hydrogen-bond donors (Lipinski definition) is 2. The van der Waals surface area contributed by atoms with Gasteiger partial charge in [-0.3, -0.25) is 4.79 Å². The van der Waals surface area contributed by atoms with Crippen molar-refractivity contribution in [1.82, 2.24) is 0 Å². The van der Waals surface area contributed by atoms with E-state index in [2.05, 4.69) is 17.2 Å². The van der Waals surface area contributed by atoms with Crippen molar-refractivity contribution in [1.29, 1.82) is 0 Å². The van der Waals surface area contributed by atoms with Crippen LogP contribution in [0.25, 0.3) is 0 Å². The van der Waals surface area contributed by atoms with E-state index >= 15 is 0 Å². The fourth-order valence-corrected chi connectivity index (χ4v) is 2.23. The van der Waals surface area contributed by atoms with E-state index < -0.39 is 0 Å². The molecule has 0 aliphatic heterocycles. The maximum absolute atomic E-state index is 12.3. The molecular formula is C21H16N2O. The molecule has 0 saturated carbocycles. The normalized spacial score (nSPS) is 9.67. The molecule has 24 heavy (non-hydrogen) atoms. The number of nitrogens with two attached hydrogens (primary N) is 1. The van der Waals surface area contributed by atoms with E-state index in [0.717, 1.165) is 11.1 Å². The quantitative estimate of drug-likeness (QED) is 0.556. The van der Waals surface area contributed by atoms with Gasteiger partial charge in [-0.05, 0) is 36.4 Å². The first-order chi connectivity index (χ1) is 11.7. The summed E-state index contributed by atoms with van der Waals surface area (Å²) >= 11 is 0. The molecule has 3 aromatic carbocycles. The van der Waals surface area contributed by atoms with Gasteiger partial charge in [-0.1, -0.05) is 54.3 Å². The Balaban J connectivity index is 1.87. The second-order valence-corrected chi connectivity index (χ2v) is 5.20. The zero-order valence-corrected chi connectivity index (χ0v) is 13.0. The average molecular weight is 312 g/mol. The van der Waals surface area contributed by atoms with Gasteiger partial charge in [0.25, 0.3) is 5.91 Å². The predicted molar refractivity (Wildman–Crippen MR) is 97.7 cm³/mol. The average Bonchev–Trinajstić information content (AvgIpc) is 2.63. The molecule has 0 bridgehead atoms. The molecule has 0 aromatic heterocycles. The number of rotatable bonds is 2. The van der Waals surface area contributed by atoms with Crippen LogP contribution >= 0.6 is 0 Å². The maximum Gasteiger partial charge on any atom is 0.255 e. The van der Waals surface area contributed by atoms with E-state index in [1.54, 1.807) is 12.1 Å². The van der Waals surface area contributed by atoms with Crippen LogP contribution < -0.4 is 11.1 Å².